The molecule has 1 heterocycles. The second-order valence-electron chi connectivity index (χ2n) is 4.28. The van der Waals surface area contributed by atoms with E-state index >= 15 is 0 Å². The van der Waals surface area contributed by atoms with Crippen LogP contribution >= 0.6 is 0 Å². The molecule has 0 amide bonds. The highest BCUT2D eigenvalue weighted by Crippen LogP contribution is 2.15. The molecular weight excluding hydrogens is 283 g/mol. The number of hydrogen-bond donors (Lipinski definition) is 3. The van der Waals surface area contributed by atoms with Crippen LogP contribution in [0, 0.1) is 11.8 Å². The molecule has 0 saturated carbocycles. The lowest BCUT2D eigenvalue weighted by atomic mass is 10.1. The number of hydrogen-bond acceptors (Lipinski definition) is 3. The van der Waals surface area contributed by atoms with Crippen molar-refractivity contribution in [3.05, 3.63) is 40.2 Å². The van der Waals surface area contributed by atoms with Gasteiger partial charge in [0.15, 0.2) is 5.43 Å². The smallest absolute Gasteiger partial charge is 0.374 e. The summed E-state index contributed by atoms with van der Waals surface area (Å²) in [5.41, 5.74) is 7.02. The van der Waals surface area contributed by atoms with E-state index in [1.54, 1.807) is 18.2 Å². The van der Waals surface area contributed by atoms with Crippen LogP contribution < -0.4 is 16.5 Å². The lowest BCUT2D eigenvalue weighted by molar-refractivity contribution is -0.0697. The molecule has 0 saturated heterocycles. The predicted molar refractivity (Wildman–Crippen MR) is 74.8 cm³/mol. The van der Waals surface area contributed by atoms with E-state index in [0.717, 1.165) is 5.92 Å². The number of nitrogens with two attached hydrogens (primary N) is 1. The number of anilines is 1. The molecule has 0 aliphatic heterocycles. The standard InChI is InChI=1S/C14H12F3N3O/c15-14(16,17)4-1-5-19-9-2-3-12-11(6-9)13(21)7-10(8-18)20-12/h2-3,6-7,19H,5,8,18H2,(H,20,21). The van der Waals surface area contributed by atoms with Gasteiger partial charge < -0.3 is 16.0 Å². The summed E-state index contributed by atoms with van der Waals surface area (Å²) in [6, 6.07) is 6.27. The van der Waals surface area contributed by atoms with Crippen LogP contribution in [0.25, 0.3) is 10.9 Å². The molecule has 4 N–H and O–H groups in total. The molecule has 0 fully saturated rings. The average molecular weight is 295 g/mol. The Morgan fingerprint density at radius 3 is 2.71 bits per heavy atom. The molecular formula is C14H12F3N3O. The molecule has 0 spiro atoms. The van der Waals surface area contributed by atoms with Gasteiger partial charge in [-0.05, 0) is 18.2 Å². The minimum Gasteiger partial charge on any atom is -0.374 e. The molecule has 7 heteroatoms. The van der Waals surface area contributed by atoms with Crippen molar-refractivity contribution in [2.45, 2.75) is 12.7 Å². The number of alkyl halides is 3. The largest absolute Gasteiger partial charge is 0.457 e. The number of aromatic amines is 1. The third kappa shape index (κ3) is 4.00. The van der Waals surface area contributed by atoms with E-state index in [9.17, 15) is 18.0 Å². The van der Waals surface area contributed by atoms with Gasteiger partial charge in [-0.15, -0.1) is 0 Å². The van der Waals surface area contributed by atoms with E-state index in [1.807, 2.05) is 5.92 Å². The van der Waals surface area contributed by atoms with Crippen molar-refractivity contribution in [1.82, 2.24) is 4.98 Å². The number of H-pyrrole nitrogens is 1. The van der Waals surface area contributed by atoms with Crippen LogP contribution in [0.5, 0.6) is 0 Å². The van der Waals surface area contributed by atoms with Gasteiger partial charge >= 0.3 is 6.18 Å². The third-order valence-electron chi connectivity index (χ3n) is 2.72. The maximum atomic E-state index is 11.9. The fraction of sp³-hybridized carbons (Fsp3) is 0.214. The van der Waals surface area contributed by atoms with Gasteiger partial charge in [0.05, 0.1) is 6.54 Å². The van der Waals surface area contributed by atoms with Crippen molar-refractivity contribution in [2.24, 2.45) is 5.73 Å². The molecule has 2 rings (SSSR count). The van der Waals surface area contributed by atoms with Gasteiger partial charge in [0.1, 0.15) is 0 Å². The van der Waals surface area contributed by atoms with Crippen molar-refractivity contribution in [3.8, 4) is 11.8 Å². The van der Waals surface area contributed by atoms with Crippen molar-refractivity contribution in [2.75, 3.05) is 11.9 Å². The van der Waals surface area contributed by atoms with Crippen LogP contribution in [0.15, 0.2) is 29.1 Å². The van der Waals surface area contributed by atoms with Crippen molar-refractivity contribution >= 4 is 16.6 Å². The highest BCUT2D eigenvalue weighted by Gasteiger charge is 2.22. The van der Waals surface area contributed by atoms with Crippen LogP contribution in [-0.4, -0.2) is 17.7 Å². The molecule has 2 aromatic rings. The molecule has 1 aromatic heterocycles. The summed E-state index contributed by atoms with van der Waals surface area (Å²) < 4.78 is 35.6. The van der Waals surface area contributed by atoms with Crippen LogP contribution in [0.3, 0.4) is 0 Å². The van der Waals surface area contributed by atoms with E-state index < -0.39 is 6.18 Å². The Bertz CT molecular complexity index is 769. The molecule has 21 heavy (non-hydrogen) atoms. The minimum absolute atomic E-state index is 0.163. The van der Waals surface area contributed by atoms with E-state index in [0.29, 0.717) is 22.3 Å². The fourth-order valence-corrected chi connectivity index (χ4v) is 1.81. The molecule has 0 unspecified atom stereocenters. The predicted octanol–water partition coefficient (Wildman–Crippen LogP) is 1.96. The van der Waals surface area contributed by atoms with Crippen LogP contribution in [0.4, 0.5) is 18.9 Å². The Morgan fingerprint density at radius 1 is 1.29 bits per heavy atom. The second-order valence-corrected chi connectivity index (χ2v) is 4.28. The van der Waals surface area contributed by atoms with E-state index in [-0.39, 0.29) is 18.5 Å². The molecule has 0 radical (unpaired) electrons. The van der Waals surface area contributed by atoms with Gasteiger partial charge in [0.25, 0.3) is 0 Å². The molecule has 1 aromatic carbocycles. The topological polar surface area (TPSA) is 70.9 Å². The minimum atomic E-state index is -4.50. The Hall–Kier alpha value is -2.46. The van der Waals surface area contributed by atoms with Gasteiger partial charge in [0.2, 0.25) is 0 Å². The quantitative estimate of drug-likeness (QED) is 0.758. The number of nitrogens with one attached hydrogen (secondary N) is 2. The summed E-state index contributed by atoms with van der Waals surface area (Å²) in [6.07, 6.45) is -4.50. The molecule has 4 nitrogen and oxygen atoms in total. The van der Waals surface area contributed by atoms with Crippen LogP contribution in [-0.2, 0) is 6.54 Å². The summed E-state index contributed by atoms with van der Waals surface area (Å²) in [7, 11) is 0. The normalized spacial score (nSPS) is 11.0. The van der Waals surface area contributed by atoms with Gasteiger partial charge in [-0.1, -0.05) is 5.92 Å². The summed E-state index contributed by atoms with van der Waals surface area (Å²) in [6.45, 7) is 0.0576. The number of halogens is 3. The average Bonchev–Trinajstić information content (AvgIpc) is 2.42. The molecule has 0 aliphatic rings. The first-order valence-corrected chi connectivity index (χ1v) is 6.06. The lowest BCUT2D eigenvalue weighted by Crippen LogP contribution is -2.09. The fourth-order valence-electron chi connectivity index (χ4n) is 1.81. The van der Waals surface area contributed by atoms with Crippen molar-refractivity contribution in [3.63, 3.8) is 0 Å². The summed E-state index contributed by atoms with van der Waals surface area (Å²) in [5.74, 6) is 3.13. The number of rotatable bonds is 3. The Balaban J connectivity index is 2.21. The highest BCUT2D eigenvalue weighted by atomic mass is 19.4. The number of benzene rings is 1. The Morgan fingerprint density at radius 2 is 2.05 bits per heavy atom. The van der Waals surface area contributed by atoms with E-state index in [4.69, 9.17) is 5.73 Å². The van der Waals surface area contributed by atoms with Crippen LogP contribution in [0.1, 0.15) is 5.69 Å². The van der Waals surface area contributed by atoms with Crippen molar-refractivity contribution in [1.29, 1.82) is 0 Å². The number of aromatic nitrogens is 1. The van der Waals surface area contributed by atoms with E-state index in [2.05, 4.69) is 10.3 Å². The number of fused-ring (bicyclic) bond motifs is 1. The summed E-state index contributed by atoms with van der Waals surface area (Å²) >= 11 is 0. The maximum absolute atomic E-state index is 11.9. The molecule has 0 aliphatic carbocycles. The van der Waals surface area contributed by atoms with Crippen molar-refractivity contribution < 1.29 is 13.2 Å². The zero-order chi connectivity index (χ0) is 15.5. The third-order valence-corrected chi connectivity index (χ3v) is 2.72. The lowest BCUT2D eigenvalue weighted by Gasteiger charge is -2.06. The summed E-state index contributed by atoms with van der Waals surface area (Å²) in [5, 5.41) is 3.15. The zero-order valence-corrected chi connectivity index (χ0v) is 10.8. The van der Waals surface area contributed by atoms with Crippen LogP contribution in [0.2, 0.25) is 0 Å². The van der Waals surface area contributed by atoms with E-state index in [1.165, 1.54) is 6.07 Å². The first-order valence-electron chi connectivity index (χ1n) is 6.06. The Kier molecular flexibility index (Phi) is 4.19. The monoisotopic (exact) mass is 295 g/mol. The first-order chi connectivity index (χ1) is 9.89. The first kappa shape index (κ1) is 14.9. The SMILES string of the molecule is NCc1cc(=O)c2cc(NCC#CC(F)(F)F)ccc2[nH]1. The second kappa shape index (κ2) is 5.89. The van der Waals surface area contributed by atoms with Gasteiger partial charge in [0, 0.05) is 40.8 Å². The molecule has 0 bridgehead atoms. The van der Waals surface area contributed by atoms with Gasteiger partial charge in [-0.25, -0.2) is 0 Å². The maximum Gasteiger partial charge on any atom is 0.457 e. The highest BCUT2D eigenvalue weighted by molar-refractivity contribution is 5.82. The zero-order valence-electron chi connectivity index (χ0n) is 10.8. The molecule has 0 atom stereocenters. The summed E-state index contributed by atoms with van der Waals surface area (Å²) in [4.78, 5) is 14.9. The van der Waals surface area contributed by atoms with Gasteiger partial charge in [-0.2, -0.15) is 13.2 Å². The number of pyridine rings is 1. The molecule has 110 valence electrons. The van der Waals surface area contributed by atoms with Gasteiger partial charge in [-0.3, -0.25) is 4.79 Å². The Labute approximate surface area is 118 Å².